The van der Waals surface area contributed by atoms with Crippen LogP contribution in [0.15, 0.2) is 35.2 Å². The second kappa shape index (κ2) is 3.44. The molecule has 0 saturated carbocycles. The molecule has 0 unspecified atom stereocenters. The van der Waals surface area contributed by atoms with Gasteiger partial charge in [-0.05, 0) is 12.1 Å². The summed E-state index contributed by atoms with van der Waals surface area (Å²) >= 11 is 0. The highest BCUT2D eigenvalue weighted by atomic mass is 32.2. The summed E-state index contributed by atoms with van der Waals surface area (Å²) in [5.74, 6) is 0. The van der Waals surface area contributed by atoms with Gasteiger partial charge in [-0.3, -0.25) is 0 Å². The van der Waals surface area contributed by atoms with E-state index < -0.39 is 16.2 Å². The normalized spacial score (nSPS) is 10.8. The standard InChI is InChI=1S/C7H7NO4S/c8-7(9)12-13(10,11)6-4-2-1-3-5-6/h1-5H,(H2,8,9). The SMILES string of the molecule is NC(=O)OS(=O)(=O)c1ccccc1. The second-order valence-electron chi connectivity index (χ2n) is 2.17. The van der Waals surface area contributed by atoms with Crippen molar-refractivity contribution < 1.29 is 17.4 Å². The molecule has 6 heteroatoms. The summed E-state index contributed by atoms with van der Waals surface area (Å²) in [6.45, 7) is 0. The van der Waals surface area contributed by atoms with Crippen LogP contribution in [0.4, 0.5) is 4.79 Å². The zero-order chi connectivity index (χ0) is 9.90. The molecule has 0 fully saturated rings. The lowest BCUT2D eigenvalue weighted by Crippen LogP contribution is -2.18. The molecule has 5 nitrogen and oxygen atoms in total. The van der Waals surface area contributed by atoms with Gasteiger partial charge < -0.3 is 9.92 Å². The van der Waals surface area contributed by atoms with Crippen LogP contribution >= 0.6 is 0 Å². The number of nitrogens with two attached hydrogens (primary N) is 1. The first-order valence-corrected chi connectivity index (χ1v) is 4.72. The zero-order valence-electron chi connectivity index (χ0n) is 6.51. The van der Waals surface area contributed by atoms with Crippen molar-refractivity contribution in [3.05, 3.63) is 30.3 Å². The van der Waals surface area contributed by atoms with Gasteiger partial charge in [-0.25, -0.2) is 4.79 Å². The number of hydrogen-bond donors (Lipinski definition) is 1. The Labute approximate surface area is 75.2 Å². The van der Waals surface area contributed by atoms with E-state index in [2.05, 4.69) is 9.92 Å². The van der Waals surface area contributed by atoms with E-state index in [0.29, 0.717) is 0 Å². The predicted octanol–water partition coefficient (Wildman–Crippen LogP) is 0.471. The van der Waals surface area contributed by atoms with Gasteiger partial charge in [0.2, 0.25) is 0 Å². The van der Waals surface area contributed by atoms with Crippen LogP contribution in [0.3, 0.4) is 0 Å². The van der Waals surface area contributed by atoms with Gasteiger partial charge in [-0.1, -0.05) is 18.2 Å². The van der Waals surface area contributed by atoms with Gasteiger partial charge in [0.1, 0.15) is 4.90 Å². The van der Waals surface area contributed by atoms with Gasteiger partial charge in [-0.15, -0.1) is 0 Å². The molecule has 1 aromatic rings. The van der Waals surface area contributed by atoms with Crippen molar-refractivity contribution in [3.8, 4) is 0 Å². The highest BCUT2D eigenvalue weighted by molar-refractivity contribution is 7.87. The molecule has 0 atom stereocenters. The number of benzene rings is 1. The number of amides is 1. The summed E-state index contributed by atoms with van der Waals surface area (Å²) in [5.41, 5.74) is 4.58. The van der Waals surface area contributed by atoms with Gasteiger partial charge in [0.05, 0.1) is 0 Å². The van der Waals surface area contributed by atoms with Crippen molar-refractivity contribution in [2.45, 2.75) is 4.90 Å². The number of carbonyl (C=O) groups excluding carboxylic acids is 1. The Morgan fingerprint density at radius 2 is 1.77 bits per heavy atom. The maximum absolute atomic E-state index is 11.1. The van der Waals surface area contributed by atoms with Crippen LogP contribution in [0.5, 0.6) is 0 Å². The van der Waals surface area contributed by atoms with Gasteiger partial charge in [-0.2, -0.15) is 8.42 Å². The first-order valence-electron chi connectivity index (χ1n) is 3.31. The van der Waals surface area contributed by atoms with E-state index in [9.17, 15) is 13.2 Å². The van der Waals surface area contributed by atoms with Crippen LogP contribution in [-0.4, -0.2) is 14.5 Å². The lowest BCUT2D eigenvalue weighted by atomic mass is 10.4. The molecule has 0 aromatic heterocycles. The topological polar surface area (TPSA) is 86.5 Å². The minimum Gasteiger partial charge on any atom is -0.334 e. The molecular weight excluding hydrogens is 194 g/mol. The largest absolute Gasteiger partial charge is 0.420 e. The molecule has 2 N–H and O–H groups in total. The van der Waals surface area contributed by atoms with Gasteiger partial charge >= 0.3 is 16.2 Å². The Kier molecular flexibility index (Phi) is 2.52. The number of rotatable bonds is 2. The first-order chi connectivity index (χ1) is 6.02. The van der Waals surface area contributed by atoms with Crippen LogP contribution in [0.1, 0.15) is 0 Å². The van der Waals surface area contributed by atoms with E-state index >= 15 is 0 Å². The van der Waals surface area contributed by atoms with Crippen molar-refractivity contribution in [3.63, 3.8) is 0 Å². The summed E-state index contributed by atoms with van der Waals surface area (Å²) in [6, 6.07) is 7.27. The molecule has 1 rings (SSSR count). The number of primary amides is 1. The highest BCUT2D eigenvalue weighted by Crippen LogP contribution is 2.10. The molecular formula is C7H7NO4S. The van der Waals surface area contributed by atoms with Crippen LogP contribution in [0.25, 0.3) is 0 Å². The number of carbonyl (C=O) groups is 1. The third-order valence-corrected chi connectivity index (χ3v) is 2.46. The van der Waals surface area contributed by atoms with Crippen LogP contribution in [0, 0.1) is 0 Å². The molecule has 70 valence electrons. The Bertz CT molecular complexity index is 398. The molecule has 0 spiro atoms. The number of hydrogen-bond acceptors (Lipinski definition) is 4. The predicted molar refractivity (Wildman–Crippen MR) is 44.3 cm³/mol. The third-order valence-electron chi connectivity index (χ3n) is 1.22. The molecule has 1 amide bonds. The van der Waals surface area contributed by atoms with E-state index in [1.54, 1.807) is 6.07 Å². The second-order valence-corrected chi connectivity index (χ2v) is 3.72. The highest BCUT2D eigenvalue weighted by Gasteiger charge is 2.17. The van der Waals surface area contributed by atoms with Gasteiger partial charge in [0.25, 0.3) is 0 Å². The van der Waals surface area contributed by atoms with E-state index in [1.165, 1.54) is 24.3 Å². The Hall–Kier alpha value is -1.56. The van der Waals surface area contributed by atoms with E-state index in [4.69, 9.17) is 0 Å². The minimum absolute atomic E-state index is 0.103. The fourth-order valence-electron chi connectivity index (χ4n) is 0.743. The van der Waals surface area contributed by atoms with Crippen molar-refractivity contribution in [2.75, 3.05) is 0 Å². The Balaban J connectivity index is 3.02. The molecule has 0 heterocycles. The van der Waals surface area contributed by atoms with Crippen LogP contribution in [-0.2, 0) is 14.3 Å². The van der Waals surface area contributed by atoms with Crippen molar-refractivity contribution >= 4 is 16.2 Å². The maximum Gasteiger partial charge on any atom is 0.420 e. The smallest absolute Gasteiger partial charge is 0.334 e. The molecule has 0 radical (unpaired) electrons. The fourth-order valence-corrected chi connectivity index (χ4v) is 1.55. The molecule has 0 bridgehead atoms. The molecule has 0 aliphatic carbocycles. The molecule has 1 aromatic carbocycles. The zero-order valence-corrected chi connectivity index (χ0v) is 7.32. The van der Waals surface area contributed by atoms with E-state index in [1.807, 2.05) is 0 Å². The molecule has 0 aliphatic heterocycles. The molecule has 13 heavy (non-hydrogen) atoms. The quantitative estimate of drug-likeness (QED) is 0.704. The van der Waals surface area contributed by atoms with Crippen molar-refractivity contribution in [2.24, 2.45) is 5.73 Å². The van der Waals surface area contributed by atoms with Crippen molar-refractivity contribution in [1.82, 2.24) is 0 Å². The summed E-state index contributed by atoms with van der Waals surface area (Å²) in [5, 5.41) is 0. The van der Waals surface area contributed by atoms with Gasteiger partial charge in [0.15, 0.2) is 0 Å². The lowest BCUT2D eigenvalue weighted by Gasteiger charge is -2.01. The molecule has 0 aliphatic rings. The summed E-state index contributed by atoms with van der Waals surface area (Å²) < 4.78 is 26.2. The Morgan fingerprint density at radius 3 is 2.23 bits per heavy atom. The monoisotopic (exact) mass is 201 g/mol. The third kappa shape index (κ3) is 2.45. The Morgan fingerprint density at radius 1 is 1.23 bits per heavy atom. The lowest BCUT2D eigenvalue weighted by molar-refractivity contribution is 0.212. The molecule has 0 saturated heterocycles. The van der Waals surface area contributed by atoms with E-state index in [0.717, 1.165) is 0 Å². The summed E-state index contributed by atoms with van der Waals surface area (Å²) in [4.78, 5) is 10.1. The van der Waals surface area contributed by atoms with Crippen LogP contribution in [0.2, 0.25) is 0 Å². The van der Waals surface area contributed by atoms with E-state index in [-0.39, 0.29) is 4.90 Å². The first kappa shape index (κ1) is 9.53. The fraction of sp³-hybridized carbons (Fsp3) is 0. The average molecular weight is 201 g/mol. The maximum atomic E-state index is 11.1. The van der Waals surface area contributed by atoms with Crippen LogP contribution < -0.4 is 5.73 Å². The summed E-state index contributed by atoms with van der Waals surface area (Å²) in [7, 11) is -4.03. The van der Waals surface area contributed by atoms with Gasteiger partial charge in [0, 0.05) is 0 Å². The summed E-state index contributed by atoms with van der Waals surface area (Å²) in [6.07, 6.45) is -1.34. The average Bonchev–Trinajstić information content (AvgIpc) is 2.04. The minimum atomic E-state index is -4.03. The van der Waals surface area contributed by atoms with Crippen molar-refractivity contribution in [1.29, 1.82) is 0 Å².